The molecule has 2 aromatic carbocycles. The van der Waals surface area contributed by atoms with Crippen LogP contribution in [0.25, 0.3) is 16.6 Å². The highest BCUT2D eigenvalue weighted by Crippen LogP contribution is 2.23. The maximum absolute atomic E-state index is 12.8. The number of halogens is 1. The summed E-state index contributed by atoms with van der Waals surface area (Å²) in [5, 5.41) is 4.85. The Morgan fingerprint density at radius 2 is 1.62 bits per heavy atom. The van der Waals surface area contributed by atoms with Crippen molar-refractivity contribution in [3.63, 3.8) is 0 Å². The van der Waals surface area contributed by atoms with E-state index in [0.29, 0.717) is 48.5 Å². The Balaban J connectivity index is 1.27. The highest BCUT2D eigenvalue weighted by Gasteiger charge is 2.24. The largest absolute Gasteiger partial charge is 0.365 e. The van der Waals surface area contributed by atoms with Crippen molar-refractivity contribution < 1.29 is 4.79 Å². The molecule has 10 heteroatoms. The van der Waals surface area contributed by atoms with Crippen LogP contribution in [0.5, 0.6) is 0 Å². The van der Waals surface area contributed by atoms with Crippen molar-refractivity contribution in [3.05, 3.63) is 92.9 Å². The molecule has 9 nitrogen and oxygen atoms in total. The second-order valence-corrected chi connectivity index (χ2v) is 8.34. The molecule has 0 N–H and O–H groups in total. The number of benzene rings is 2. The van der Waals surface area contributed by atoms with Crippen LogP contribution in [0.1, 0.15) is 0 Å². The van der Waals surface area contributed by atoms with Gasteiger partial charge in [0.1, 0.15) is 11.6 Å². The molecule has 0 spiro atoms. The first kappa shape index (κ1) is 21.8. The summed E-state index contributed by atoms with van der Waals surface area (Å²) in [6, 6.07) is 16.1. The van der Waals surface area contributed by atoms with Gasteiger partial charge in [-0.3, -0.25) is 19.0 Å². The quantitative estimate of drug-likeness (QED) is 0.447. The lowest BCUT2D eigenvalue weighted by atomic mass is 10.2. The number of anilines is 1. The summed E-state index contributed by atoms with van der Waals surface area (Å²) in [4.78, 5) is 46.2. The molecule has 0 bridgehead atoms. The molecule has 4 aromatic rings. The zero-order chi connectivity index (χ0) is 23.7. The molecule has 1 saturated heterocycles. The van der Waals surface area contributed by atoms with Gasteiger partial charge in [-0.1, -0.05) is 41.9 Å². The topological polar surface area (TPSA) is 93.3 Å². The van der Waals surface area contributed by atoms with Gasteiger partial charge in [0.2, 0.25) is 5.91 Å². The Bertz CT molecular complexity index is 1480. The van der Waals surface area contributed by atoms with Gasteiger partial charge in [0.05, 0.1) is 34.8 Å². The lowest BCUT2D eigenvalue weighted by Crippen LogP contribution is -2.50. The number of hydrogen-bond acceptors (Lipinski definition) is 6. The number of hydrogen-bond donors (Lipinski definition) is 0. The molecule has 0 atom stereocenters. The second-order valence-electron chi connectivity index (χ2n) is 7.96. The molecule has 172 valence electrons. The number of rotatable bonds is 4. The molecule has 34 heavy (non-hydrogen) atoms. The number of carbonyl (C=O) groups excluding carboxylic acids is 1. The molecule has 5 rings (SSSR count). The zero-order valence-electron chi connectivity index (χ0n) is 18.2. The minimum Gasteiger partial charge on any atom is -0.365 e. The minimum atomic E-state index is -0.396. The van der Waals surface area contributed by atoms with E-state index in [0.717, 1.165) is 0 Å². The SMILES string of the molecule is O=C(Cn1cnc2ccccc2c1=O)N1CCN(c2cnn(-c3ccccc3)c(=O)c2Cl)CC1. The molecular formula is C24H21ClN6O3. The van der Waals surface area contributed by atoms with E-state index in [2.05, 4.69) is 10.1 Å². The molecule has 1 aliphatic rings. The Kier molecular flexibility index (Phi) is 5.85. The number of fused-ring (bicyclic) bond motifs is 1. The van der Waals surface area contributed by atoms with Crippen molar-refractivity contribution in [1.29, 1.82) is 0 Å². The fourth-order valence-corrected chi connectivity index (χ4v) is 4.31. The Morgan fingerprint density at radius 1 is 0.912 bits per heavy atom. The summed E-state index contributed by atoms with van der Waals surface area (Å²) >= 11 is 6.41. The van der Waals surface area contributed by atoms with Gasteiger partial charge in [-0.15, -0.1) is 0 Å². The van der Waals surface area contributed by atoms with Gasteiger partial charge in [0.25, 0.3) is 11.1 Å². The average Bonchev–Trinajstić information content (AvgIpc) is 2.88. The van der Waals surface area contributed by atoms with Crippen molar-refractivity contribution >= 4 is 34.1 Å². The van der Waals surface area contributed by atoms with Crippen LogP contribution in [-0.4, -0.2) is 56.3 Å². The molecule has 2 aromatic heterocycles. The van der Waals surface area contributed by atoms with E-state index < -0.39 is 5.56 Å². The van der Waals surface area contributed by atoms with Crippen LogP contribution in [0.2, 0.25) is 5.02 Å². The molecule has 3 heterocycles. The van der Waals surface area contributed by atoms with Gasteiger partial charge < -0.3 is 9.80 Å². The number of aromatic nitrogens is 4. The molecule has 0 saturated carbocycles. The summed E-state index contributed by atoms with van der Waals surface area (Å²) in [7, 11) is 0. The number of nitrogens with zero attached hydrogens (tertiary/aromatic N) is 6. The maximum atomic E-state index is 12.8. The zero-order valence-corrected chi connectivity index (χ0v) is 18.9. The highest BCUT2D eigenvalue weighted by atomic mass is 35.5. The Morgan fingerprint density at radius 3 is 2.38 bits per heavy atom. The highest BCUT2D eigenvalue weighted by molar-refractivity contribution is 6.33. The molecule has 0 radical (unpaired) electrons. The molecular weight excluding hydrogens is 456 g/mol. The number of amides is 1. The van der Waals surface area contributed by atoms with Gasteiger partial charge >= 0.3 is 0 Å². The molecule has 0 aliphatic carbocycles. The van der Waals surface area contributed by atoms with Crippen LogP contribution in [0.4, 0.5) is 5.69 Å². The van der Waals surface area contributed by atoms with Gasteiger partial charge in [-0.2, -0.15) is 9.78 Å². The van der Waals surface area contributed by atoms with E-state index in [-0.39, 0.29) is 23.0 Å². The molecule has 1 aliphatic heterocycles. The third kappa shape index (κ3) is 4.06. The predicted molar refractivity (Wildman–Crippen MR) is 130 cm³/mol. The van der Waals surface area contributed by atoms with Crippen molar-refractivity contribution in [2.24, 2.45) is 0 Å². The fourth-order valence-electron chi connectivity index (χ4n) is 4.06. The summed E-state index contributed by atoms with van der Waals surface area (Å²) in [6.45, 7) is 1.78. The fraction of sp³-hybridized carbons (Fsp3) is 0.208. The van der Waals surface area contributed by atoms with Crippen molar-refractivity contribution in [1.82, 2.24) is 24.2 Å². The van der Waals surface area contributed by atoms with Gasteiger partial charge in [0.15, 0.2) is 0 Å². The maximum Gasteiger partial charge on any atom is 0.292 e. The van der Waals surface area contributed by atoms with Crippen LogP contribution >= 0.6 is 11.6 Å². The normalized spacial score (nSPS) is 13.9. The Labute approximate surface area is 199 Å². The summed E-state index contributed by atoms with van der Waals surface area (Å²) in [5.74, 6) is -0.164. The second kappa shape index (κ2) is 9.11. The van der Waals surface area contributed by atoms with Gasteiger partial charge in [0, 0.05) is 26.2 Å². The summed E-state index contributed by atoms with van der Waals surface area (Å²) < 4.78 is 2.60. The number of para-hydroxylation sites is 2. The molecule has 1 fully saturated rings. The van der Waals surface area contributed by atoms with E-state index in [1.165, 1.54) is 15.6 Å². The number of carbonyl (C=O) groups is 1. The molecule has 0 unspecified atom stereocenters. The van der Waals surface area contributed by atoms with E-state index >= 15 is 0 Å². The molecule has 1 amide bonds. The summed E-state index contributed by atoms with van der Waals surface area (Å²) in [5.41, 5.74) is 1.14. The van der Waals surface area contributed by atoms with Crippen LogP contribution in [0.15, 0.2) is 76.7 Å². The van der Waals surface area contributed by atoms with Gasteiger partial charge in [-0.05, 0) is 24.3 Å². The standard InChI is InChI=1S/C24H21ClN6O3/c25-22-20(14-27-31(24(22)34)17-6-2-1-3-7-17)28-10-12-29(13-11-28)21(32)15-30-16-26-19-9-5-4-8-18(19)23(30)33/h1-9,14,16H,10-13,15H2. The van der Waals surface area contributed by atoms with Crippen LogP contribution < -0.4 is 16.0 Å². The van der Waals surface area contributed by atoms with E-state index in [9.17, 15) is 14.4 Å². The lowest BCUT2D eigenvalue weighted by molar-refractivity contribution is -0.132. The minimum absolute atomic E-state index is 0.0773. The van der Waals surface area contributed by atoms with Crippen LogP contribution in [0, 0.1) is 0 Å². The van der Waals surface area contributed by atoms with Gasteiger partial charge in [-0.25, -0.2) is 4.98 Å². The first-order valence-electron chi connectivity index (χ1n) is 10.8. The first-order valence-corrected chi connectivity index (χ1v) is 11.2. The third-order valence-corrected chi connectivity index (χ3v) is 6.27. The first-order chi connectivity index (χ1) is 16.5. The summed E-state index contributed by atoms with van der Waals surface area (Å²) in [6.07, 6.45) is 2.99. The van der Waals surface area contributed by atoms with Crippen LogP contribution in [0.3, 0.4) is 0 Å². The van der Waals surface area contributed by atoms with Crippen LogP contribution in [-0.2, 0) is 11.3 Å². The average molecular weight is 477 g/mol. The monoisotopic (exact) mass is 476 g/mol. The van der Waals surface area contributed by atoms with Crippen molar-refractivity contribution in [3.8, 4) is 5.69 Å². The van der Waals surface area contributed by atoms with Crippen molar-refractivity contribution in [2.45, 2.75) is 6.54 Å². The third-order valence-electron chi connectivity index (χ3n) is 5.91. The smallest absolute Gasteiger partial charge is 0.292 e. The number of piperazine rings is 1. The predicted octanol–water partition coefficient (Wildman–Crippen LogP) is 1.94. The van der Waals surface area contributed by atoms with E-state index in [1.54, 1.807) is 41.4 Å². The Hall–Kier alpha value is -3.98. The lowest BCUT2D eigenvalue weighted by Gasteiger charge is -2.36. The van der Waals surface area contributed by atoms with Crippen molar-refractivity contribution in [2.75, 3.05) is 31.1 Å². The van der Waals surface area contributed by atoms with E-state index in [4.69, 9.17) is 11.6 Å². The van der Waals surface area contributed by atoms with E-state index in [1.807, 2.05) is 29.2 Å².